The Morgan fingerprint density at radius 3 is 2.24 bits per heavy atom. The largest absolute Gasteiger partial charge is 0.478 e. The Balaban J connectivity index is 2.04. The van der Waals surface area contributed by atoms with Crippen molar-refractivity contribution in [3.63, 3.8) is 0 Å². The van der Waals surface area contributed by atoms with Crippen molar-refractivity contribution >= 4 is 27.7 Å². The number of carboxylic acids is 1. The summed E-state index contributed by atoms with van der Waals surface area (Å²) in [5, 5.41) is 12.2. The number of nitrogens with zero attached hydrogens (tertiary/aromatic N) is 1. The molecule has 0 saturated carbocycles. The Morgan fingerprint density at radius 2 is 1.64 bits per heavy atom. The van der Waals surface area contributed by atoms with Gasteiger partial charge in [0.2, 0.25) is 0 Å². The minimum Gasteiger partial charge on any atom is -0.478 e. The second-order valence-electron chi connectivity index (χ2n) is 7.74. The number of rotatable bonds is 8. The Labute approximate surface area is 192 Å². The van der Waals surface area contributed by atoms with E-state index in [1.54, 1.807) is 18.2 Å². The maximum atomic E-state index is 13.2. The van der Waals surface area contributed by atoms with Gasteiger partial charge in [-0.2, -0.15) is 8.42 Å². The van der Waals surface area contributed by atoms with Crippen LogP contribution in [0.4, 0.5) is 5.69 Å². The van der Waals surface area contributed by atoms with Crippen LogP contribution >= 0.6 is 0 Å². The Hall–Kier alpha value is -3.69. The highest BCUT2D eigenvalue weighted by Crippen LogP contribution is 2.28. The molecule has 172 valence electrons. The van der Waals surface area contributed by atoms with E-state index in [0.29, 0.717) is 12.1 Å². The standard InChI is InChI=1S/C24H24N2O6S/c1-26(2)15-16-9-12-22(32-33(3,30)31)20(13-16)23(27)25-21-14-18(10-11-19(21)24(28)29)17-7-5-4-6-8-17/h4-14H,15H2,1-3H3,(H,25,27)(H,28,29). The minimum atomic E-state index is -3.89. The molecule has 3 aromatic rings. The van der Waals surface area contributed by atoms with Crippen molar-refractivity contribution < 1.29 is 27.3 Å². The molecule has 2 N–H and O–H groups in total. The van der Waals surface area contributed by atoms with Crippen molar-refractivity contribution in [2.45, 2.75) is 6.54 Å². The number of carboxylic acid groups (broad SMARTS) is 1. The van der Waals surface area contributed by atoms with Crippen LogP contribution in [0.5, 0.6) is 5.75 Å². The Kier molecular flexibility index (Phi) is 7.15. The zero-order valence-corrected chi connectivity index (χ0v) is 19.2. The third kappa shape index (κ3) is 6.41. The molecule has 0 bridgehead atoms. The van der Waals surface area contributed by atoms with Crippen LogP contribution in [0.2, 0.25) is 0 Å². The molecule has 0 fully saturated rings. The molecule has 0 radical (unpaired) electrons. The summed E-state index contributed by atoms with van der Waals surface area (Å²) >= 11 is 0. The van der Waals surface area contributed by atoms with Gasteiger partial charge in [-0.15, -0.1) is 0 Å². The number of carbonyl (C=O) groups excluding carboxylic acids is 1. The monoisotopic (exact) mass is 468 g/mol. The van der Waals surface area contributed by atoms with E-state index in [1.807, 2.05) is 49.3 Å². The number of benzene rings is 3. The fourth-order valence-electron chi connectivity index (χ4n) is 3.29. The summed E-state index contributed by atoms with van der Waals surface area (Å²) in [7, 11) is -0.179. The second-order valence-corrected chi connectivity index (χ2v) is 9.32. The van der Waals surface area contributed by atoms with E-state index in [4.69, 9.17) is 4.18 Å². The minimum absolute atomic E-state index is 0.0266. The number of hydrogen-bond acceptors (Lipinski definition) is 6. The SMILES string of the molecule is CN(C)Cc1ccc(OS(C)(=O)=O)c(C(=O)Nc2cc(-c3ccccc3)ccc2C(=O)O)c1. The first-order valence-corrected chi connectivity index (χ1v) is 11.8. The number of hydrogen-bond donors (Lipinski definition) is 2. The highest BCUT2D eigenvalue weighted by atomic mass is 32.2. The summed E-state index contributed by atoms with van der Waals surface area (Å²) in [6.07, 6.45) is 0.883. The first-order chi connectivity index (χ1) is 15.5. The van der Waals surface area contributed by atoms with E-state index in [2.05, 4.69) is 5.32 Å². The van der Waals surface area contributed by atoms with Crippen molar-refractivity contribution in [1.29, 1.82) is 0 Å². The van der Waals surface area contributed by atoms with Crippen LogP contribution in [0.15, 0.2) is 66.7 Å². The van der Waals surface area contributed by atoms with Gasteiger partial charge < -0.3 is 19.5 Å². The van der Waals surface area contributed by atoms with Gasteiger partial charge in [-0.1, -0.05) is 42.5 Å². The van der Waals surface area contributed by atoms with Crippen molar-refractivity contribution in [2.75, 3.05) is 25.7 Å². The van der Waals surface area contributed by atoms with Gasteiger partial charge in [0.1, 0.15) is 0 Å². The molecule has 0 aliphatic carbocycles. The molecule has 8 nitrogen and oxygen atoms in total. The number of aromatic carboxylic acids is 1. The van der Waals surface area contributed by atoms with Gasteiger partial charge in [0.25, 0.3) is 5.91 Å². The average Bonchev–Trinajstić information content (AvgIpc) is 2.73. The van der Waals surface area contributed by atoms with E-state index in [0.717, 1.165) is 17.4 Å². The van der Waals surface area contributed by atoms with E-state index in [1.165, 1.54) is 18.2 Å². The number of anilines is 1. The third-order valence-corrected chi connectivity index (χ3v) is 5.12. The Bertz CT molecular complexity index is 1290. The molecular formula is C24H24N2O6S. The molecule has 33 heavy (non-hydrogen) atoms. The molecule has 0 aliphatic heterocycles. The van der Waals surface area contributed by atoms with Gasteiger partial charge in [0.15, 0.2) is 5.75 Å². The van der Waals surface area contributed by atoms with E-state index < -0.39 is 22.0 Å². The lowest BCUT2D eigenvalue weighted by molar-refractivity contribution is 0.0698. The molecule has 0 atom stereocenters. The van der Waals surface area contributed by atoms with Gasteiger partial charge >= 0.3 is 16.1 Å². The zero-order chi connectivity index (χ0) is 24.2. The molecule has 9 heteroatoms. The molecule has 3 rings (SSSR count). The third-order valence-electron chi connectivity index (χ3n) is 4.63. The summed E-state index contributed by atoms with van der Waals surface area (Å²) in [6.45, 7) is 0.503. The average molecular weight is 469 g/mol. The van der Waals surface area contributed by atoms with Crippen LogP contribution < -0.4 is 9.50 Å². The number of amides is 1. The van der Waals surface area contributed by atoms with Crippen LogP contribution in [0.3, 0.4) is 0 Å². The zero-order valence-electron chi connectivity index (χ0n) is 18.4. The molecule has 0 aliphatic rings. The highest BCUT2D eigenvalue weighted by molar-refractivity contribution is 7.86. The Morgan fingerprint density at radius 1 is 0.939 bits per heavy atom. The van der Waals surface area contributed by atoms with E-state index >= 15 is 0 Å². The van der Waals surface area contributed by atoms with Crippen molar-refractivity contribution in [3.05, 3.63) is 83.4 Å². The lowest BCUT2D eigenvalue weighted by Crippen LogP contribution is -2.18. The summed E-state index contributed by atoms with van der Waals surface area (Å²) < 4.78 is 28.4. The number of carbonyl (C=O) groups is 2. The van der Waals surface area contributed by atoms with Crippen molar-refractivity contribution in [1.82, 2.24) is 4.90 Å². The van der Waals surface area contributed by atoms with Crippen LogP contribution in [-0.2, 0) is 16.7 Å². The molecule has 3 aromatic carbocycles. The predicted molar refractivity (Wildman–Crippen MR) is 126 cm³/mol. The number of nitrogens with one attached hydrogen (secondary N) is 1. The van der Waals surface area contributed by atoms with Crippen molar-refractivity contribution in [2.24, 2.45) is 0 Å². The molecule has 0 saturated heterocycles. The van der Waals surface area contributed by atoms with Gasteiger partial charge in [-0.3, -0.25) is 4.79 Å². The molecule has 0 aromatic heterocycles. The van der Waals surface area contributed by atoms with Gasteiger partial charge in [0.05, 0.1) is 23.1 Å². The molecule has 1 amide bonds. The smallest absolute Gasteiger partial charge is 0.337 e. The van der Waals surface area contributed by atoms with Crippen molar-refractivity contribution in [3.8, 4) is 16.9 Å². The summed E-state index contributed by atoms with van der Waals surface area (Å²) in [5.74, 6) is -2.05. The lowest BCUT2D eigenvalue weighted by atomic mass is 10.0. The predicted octanol–water partition coefficient (Wildman–Crippen LogP) is 3.70. The van der Waals surface area contributed by atoms with E-state index in [-0.39, 0.29) is 22.6 Å². The second kappa shape index (κ2) is 9.85. The first kappa shape index (κ1) is 24.0. The summed E-state index contributed by atoms with van der Waals surface area (Å²) in [5.41, 5.74) is 2.27. The van der Waals surface area contributed by atoms with Gasteiger partial charge in [-0.25, -0.2) is 4.79 Å². The highest BCUT2D eigenvalue weighted by Gasteiger charge is 2.20. The fraction of sp³-hybridized carbons (Fsp3) is 0.167. The molecular weight excluding hydrogens is 444 g/mol. The normalized spacial score (nSPS) is 11.3. The van der Waals surface area contributed by atoms with Crippen LogP contribution in [0, 0.1) is 0 Å². The van der Waals surface area contributed by atoms with Gasteiger partial charge in [0, 0.05) is 6.54 Å². The first-order valence-electron chi connectivity index (χ1n) is 9.95. The maximum absolute atomic E-state index is 13.2. The van der Waals surface area contributed by atoms with Crippen LogP contribution in [-0.4, -0.2) is 50.7 Å². The topological polar surface area (TPSA) is 113 Å². The quantitative estimate of drug-likeness (QED) is 0.485. The molecule has 0 heterocycles. The van der Waals surface area contributed by atoms with Crippen LogP contribution in [0.25, 0.3) is 11.1 Å². The lowest BCUT2D eigenvalue weighted by Gasteiger charge is -2.15. The van der Waals surface area contributed by atoms with Gasteiger partial charge in [-0.05, 0) is 55.1 Å². The van der Waals surface area contributed by atoms with Crippen LogP contribution in [0.1, 0.15) is 26.3 Å². The summed E-state index contributed by atoms with van der Waals surface area (Å²) in [4.78, 5) is 26.8. The van der Waals surface area contributed by atoms with E-state index in [9.17, 15) is 23.1 Å². The maximum Gasteiger partial charge on any atom is 0.337 e. The fourth-order valence-corrected chi connectivity index (χ4v) is 3.76. The summed E-state index contributed by atoms with van der Waals surface area (Å²) in [6, 6.07) is 18.5. The molecule has 0 unspecified atom stereocenters. The molecule has 0 spiro atoms.